The van der Waals surface area contributed by atoms with Crippen LogP contribution in [0, 0.1) is 27.7 Å². The molecule has 0 saturated carbocycles. The first kappa shape index (κ1) is 12.7. The lowest BCUT2D eigenvalue weighted by molar-refractivity contribution is 1.21. The van der Waals surface area contributed by atoms with Crippen LogP contribution in [0.2, 0.25) is 0 Å². The van der Waals surface area contributed by atoms with Crippen LogP contribution in [0.3, 0.4) is 0 Å². The summed E-state index contributed by atoms with van der Waals surface area (Å²) in [5, 5.41) is 3.44. The summed E-state index contributed by atoms with van der Waals surface area (Å²) in [6.07, 6.45) is 0. The van der Waals surface area contributed by atoms with Crippen molar-refractivity contribution in [1.82, 2.24) is 9.97 Å². The van der Waals surface area contributed by atoms with Crippen molar-refractivity contribution in [1.29, 1.82) is 0 Å². The van der Waals surface area contributed by atoms with Crippen molar-refractivity contribution in [2.45, 2.75) is 27.7 Å². The number of aromatic nitrogens is 2. The summed E-state index contributed by atoms with van der Waals surface area (Å²) >= 11 is 0. The van der Waals surface area contributed by atoms with Crippen molar-refractivity contribution in [2.75, 3.05) is 5.32 Å². The summed E-state index contributed by atoms with van der Waals surface area (Å²) in [7, 11) is 0. The van der Waals surface area contributed by atoms with Crippen molar-refractivity contribution in [2.24, 2.45) is 0 Å². The van der Waals surface area contributed by atoms with Crippen LogP contribution in [0.15, 0.2) is 30.3 Å². The molecule has 20 heavy (non-hydrogen) atoms. The minimum Gasteiger partial charge on any atom is -0.325 e. The number of nitrogens with one attached hydrogen (secondary N) is 2. The SMILES string of the molecule is Cc1cc(C)c(C)c(Nc2nc3ccccc3[nH]2)c1C. The topological polar surface area (TPSA) is 40.7 Å². The predicted molar refractivity (Wildman–Crippen MR) is 84.8 cm³/mol. The van der Waals surface area contributed by atoms with Crippen LogP contribution in [0.4, 0.5) is 11.6 Å². The van der Waals surface area contributed by atoms with Gasteiger partial charge in [-0.2, -0.15) is 0 Å². The van der Waals surface area contributed by atoms with E-state index in [2.05, 4.69) is 49.0 Å². The molecule has 3 aromatic rings. The van der Waals surface area contributed by atoms with E-state index in [-0.39, 0.29) is 0 Å². The smallest absolute Gasteiger partial charge is 0.205 e. The summed E-state index contributed by atoms with van der Waals surface area (Å²) < 4.78 is 0. The standard InChI is InChI=1S/C17H19N3/c1-10-9-11(2)13(4)16(12(10)3)20-17-18-14-7-5-6-8-15(14)19-17/h5-9H,1-4H3,(H2,18,19,20). The molecular formula is C17H19N3. The van der Waals surface area contributed by atoms with Gasteiger partial charge in [0.05, 0.1) is 11.0 Å². The number of aromatic amines is 1. The Hall–Kier alpha value is -2.29. The van der Waals surface area contributed by atoms with E-state index in [4.69, 9.17) is 0 Å². The van der Waals surface area contributed by atoms with Crippen LogP contribution in [0.1, 0.15) is 22.3 Å². The van der Waals surface area contributed by atoms with E-state index in [9.17, 15) is 0 Å². The first-order valence-electron chi connectivity index (χ1n) is 6.85. The first-order valence-corrected chi connectivity index (χ1v) is 6.85. The van der Waals surface area contributed by atoms with E-state index in [0.717, 1.165) is 22.7 Å². The molecule has 0 atom stereocenters. The number of nitrogens with zero attached hydrogens (tertiary/aromatic N) is 1. The molecule has 0 saturated heterocycles. The zero-order chi connectivity index (χ0) is 14.3. The highest BCUT2D eigenvalue weighted by atomic mass is 15.1. The minimum absolute atomic E-state index is 0.794. The van der Waals surface area contributed by atoms with Gasteiger partial charge in [0.2, 0.25) is 5.95 Å². The normalized spacial score (nSPS) is 11.0. The number of imidazole rings is 1. The molecule has 0 aliphatic heterocycles. The van der Waals surface area contributed by atoms with E-state index >= 15 is 0 Å². The van der Waals surface area contributed by atoms with Gasteiger partial charge in [-0.1, -0.05) is 18.2 Å². The third kappa shape index (κ3) is 2.05. The molecule has 0 unspecified atom stereocenters. The van der Waals surface area contributed by atoms with Gasteiger partial charge >= 0.3 is 0 Å². The third-order valence-electron chi connectivity index (χ3n) is 4.00. The summed E-state index contributed by atoms with van der Waals surface area (Å²) in [5.74, 6) is 0.794. The van der Waals surface area contributed by atoms with Crippen molar-refractivity contribution in [3.8, 4) is 0 Å². The van der Waals surface area contributed by atoms with Gasteiger partial charge in [0.25, 0.3) is 0 Å². The second-order valence-electron chi connectivity index (χ2n) is 5.36. The maximum atomic E-state index is 4.58. The molecular weight excluding hydrogens is 246 g/mol. The quantitative estimate of drug-likeness (QED) is 0.714. The van der Waals surface area contributed by atoms with Crippen molar-refractivity contribution in [3.05, 3.63) is 52.6 Å². The second kappa shape index (κ2) is 4.67. The lowest BCUT2D eigenvalue weighted by Gasteiger charge is -2.15. The van der Waals surface area contributed by atoms with Crippen LogP contribution in [-0.2, 0) is 0 Å². The van der Waals surface area contributed by atoms with Crippen LogP contribution < -0.4 is 5.32 Å². The summed E-state index contributed by atoms with van der Waals surface area (Å²) in [5.41, 5.74) is 8.33. The molecule has 3 heteroatoms. The fourth-order valence-electron chi connectivity index (χ4n) is 2.53. The predicted octanol–water partition coefficient (Wildman–Crippen LogP) is 4.54. The van der Waals surface area contributed by atoms with Gasteiger partial charge in [-0.25, -0.2) is 4.98 Å². The molecule has 0 aliphatic rings. The summed E-state index contributed by atoms with van der Waals surface area (Å²) in [4.78, 5) is 7.90. The van der Waals surface area contributed by atoms with E-state index < -0.39 is 0 Å². The molecule has 0 spiro atoms. The highest BCUT2D eigenvalue weighted by molar-refractivity contribution is 5.79. The van der Waals surface area contributed by atoms with E-state index in [1.165, 1.54) is 22.3 Å². The van der Waals surface area contributed by atoms with Gasteiger partial charge in [-0.15, -0.1) is 0 Å². The Bertz CT molecular complexity index is 725. The van der Waals surface area contributed by atoms with Crippen molar-refractivity contribution in [3.63, 3.8) is 0 Å². The largest absolute Gasteiger partial charge is 0.325 e. The lowest BCUT2D eigenvalue weighted by Crippen LogP contribution is -2.01. The molecule has 1 heterocycles. The van der Waals surface area contributed by atoms with E-state index in [0.29, 0.717) is 0 Å². The number of benzene rings is 2. The summed E-state index contributed by atoms with van der Waals surface area (Å²) in [6, 6.07) is 10.3. The van der Waals surface area contributed by atoms with Gasteiger partial charge in [0.15, 0.2) is 0 Å². The van der Waals surface area contributed by atoms with Crippen molar-refractivity contribution < 1.29 is 0 Å². The average Bonchev–Trinajstić information content (AvgIpc) is 2.84. The zero-order valence-electron chi connectivity index (χ0n) is 12.3. The van der Waals surface area contributed by atoms with Crippen LogP contribution in [-0.4, -0.2) is 9.97 Å². The molecule has 102 valence electrons. The molecule has 0 radical (unpaired) electrons. The van der Waals surface area contributed by atoms with Gasteiger partial charge in [0, 0.05) is 5.69 Å². The highest BCUT2D eigenvalue weighted by Gasteiger charge is 2.10. The Balaban J connectivity index is 2.07. The molecule has 2 aromatic carbocycles. The number of H-pyrrole nitrogens is 1. The maximum absolute atomic E-state index is 4.58. The Morgan fingerprint density at radius 3 is 2.25 bits per heavy atom. The van der Waals surface area contributed by atoms with E-state index in [1.807, 2.05) is 24.3 Å². The Morgan fingerprint density at radius 2 is 1.60 bits per heavy atom. The molecule has 0 fully saturated rings. The zero-order valence-corrected chi connectivity index (χ0v) is 12.3. The number of para-hydroxylation sites is 2. The number of anilines is 2. The number of hydrogen-bond donors (Lipinski definition) is 2. The number of fused-ring (bicyclic) bond motifs is 1. The first-order chi connectivity index (χ1) is 9.56. The number of rotatable bonds is 2. The second-order valence-corrected chi connectivity index (χ2v) is 5.36. The van der Waals surface area contributed by atoms with Gasteiger partial charge in [-0.3, -0.25) is 0 Å². The van der Waals surface area contributed by atoms with Gasteiger partial charge < -0.3 is 10.3 Å². The van der Waals surface area contributed by atoms with Crippen molar-refractivity contribution >= 4 is 22.7 Å². The molecule has 3 rings (SSSR count). The molecule has 3 nitrogen and oxygen atoms in total. The molecule has 2 N–H and O–H groups in total. The van der Waals surface area contributed by atoms with E-state index in [1.54, 1.807) is 0 Å². The third-order valence-corrected chi connectivity index (χ3v) is 4.00. The maximum Gasteiger partial charge on any atom is 0.205 e. The lowest BCUT2D eigenvalue weighted by atomic mass is 9.99. The monoisotopic (exact) mass is 265 g/mol. The fourth-order valence-corrected chi connectivity index (χ4v) is 2.53. The molecule has 0 amide bonds. The highest BCUT2D eigenvalue weighted by Crippen LogP contribution is 2.29. The Morgan fingerprint density at radius 1 is 0.950 bits per heavy atom. The van der Waals surface area contributed by atoms with Gasteiger partial charge in [-0.05, 0) is 62.1 Å². The summed E-state index contributed by atoms with van der Waals surface area (Å²) in [6.45, 7) is 8.58. The number of aryl methyl sites for hydroxylation is 2. The average molecular weight is 265 g/mol. The molecule has 0 aliphatic carbocycles. The number of hydrogen-bond acceptors (Lipinski definition) is 2. The van der Waals surface area contributed by atoms with Crippen LogP contribution >= 0.6 is 0 Å². The Kier molecular flexibility index (Phi) is 2.97. The molecule has 1 aromatic heterocycles. The molecule has 0 bridgehead atoms. The van der Waals surface area contributed by atoms with Crippen LogP contribution in [0.5, 0.6) is 0 Å². The minimum atomic E-state index is 0.794. The van der Waals surface area contributed by atoms with Crippen LogP contribution in [0.25, 0.3) is 11.0 Å². The fraction of sp³-hybridized carbons (Fsp3) is 0.235. The Labute approximate surface area is 119 Å². The van der Waals surface area contributed by atoms with Gasteiger partial charge in [0.1, 0.15) is 0 Å².